The van der Waals surface area contributed by atoms with Crippen LogP contribution in [-0.4, -0.2) is 36.4 Å². The highest BCUT2D eigenvalue weighted by Gasteiger charge is 2.41. The lowest BCUT2D eigenvalue weighted by molar-refractivity contribution is -0.140. The largest absolute Gasteiger partial charge is 0.419 e. The minimum Gasteiger partial charge on any atom is -0.301 e. The van der Waals surface area contributed by atoms with Crippen LogP contribution in [0.2, 0.25) is 0 Å². The van der Waals surface area contributed by atoms with E-state index in [0.717, 1.165) is 44.0 Å². The van der Waals surface area contributed by atoms with E-state index in [1.54, 1.807) is 18.2 Å². The van der Waals surface area contributed by atoms with Crippen molar-refractivity contribution in [1.29, 1.82) is 15.8 Å². The Bertz CT molecular complexity index is 7740. The van der Waals surface area contributed by atoms with Crippen LogP contribution >= 0.6 is 31.9 Å². The Morgan fingerprint density at radius 1 is 0.312 bits per heavy atom. The fraction of sp³-hybridized carbons (Fsp3) is 0.0549. The van der Waals surface area contributed by atoms with Crippen LogP contribution in [0.1, 0.15) is 44.8 Å². The van der Waals surface area contributed by atoms with Gasteiger partial charge >= 0.3 is 24.7 Å². The molecule has 0 amide bonds. The summed E-state index contributed by atoms with van der Waals surface area (Å²) in [5, 5.41) is 30.8. The predicted octanol–water partition coefficient (Wildman–Crippen LogP) is 23.5. The van der Waals surface area contributed by atoms with Gasteiger partial charge in [-0.25, -0.2) is 74.3 Å². The van der Waals surface area contributed by atoms with E-state index < -0.39 is 92.5 Å². The summed E-state index contributed by atoms with van der Waals surface area (Å²) in [5.41, 5.74) is -4.45. The molecule has 0 unspecified atom stereocenters. The number of aromatic nitrogens is 6. The fourth-order valence-electron chi connectivity index (χ4n) is 15.0. The Hall–Kier alpha value is -15.6. The normalized spacial score (nSPS) is 13.0. The van der Waals surface area contributed by atoms with Gasteiger partial charge in [0.15, 0.2) is 0 Å². The number of nitrogens with zero attached hydrogens (tertiary/aromatic N) is 12. The molecule has 3 aromatic heterocycles. The zero-order valence-corrected chi connectivity index (χ0v) is 65.0. The highest BCUT2D eigenvalue weighted by molar-refractivity contribution is 9.10. The van der Waals surface area contributed by atoms with Crippen LogP contribution in [0.4, 0.5) is 70.2 Å². The van der Waals surface area contributed by atoms with E-state index in [4.69, 9.17) is 34.9 Å². The van der Waals surface area contributed by atoms with Crippen molar-refractivity contribution in [3.8, 4) is 85.2 Å². The molecule has 2 aliphatic rings. The fourth-order valence-corrected chi connectivity index (χ4v) is 15.7. The van der Waals surface area contributed by atoms with Gasteiger partial charge in [-0.2, -0.15) is 57.9 Å². The molecule has 0 saturated carbocycles. The van der Waals surface area contributed by atoms with E-state index in [1.165, 1.54) is 72.8 Å². The number of nitriles is 3. The Labute approximate surface area is 704 Å². The second kappa shape index (κ2) is 30.8. The van der Waals surface area contributed by atoms with Gasteiger partial charge in [0, 0.05) is 74.3 Å². The van der Waals surface area contributed by atoms with Gasteiger partial charge in [0.1, 0.15) is 73.5 Å². The van der Waals surface area contributed by atoms with Crippen molar-refractivity contribution in [2.45, 2.75) is 24.7 Å². The minimum atomic E-state index is -4.98. The zero-order valence-electron chi connectivity index (χ0n) is 61.8. The molecule has 14 aromatic carbocycles. The van der Waals surface area contributed by atoms with Gasteiger partial charge in [-0.1, -0.05) is 117 Å². The molecule has 0 bridgehead atoms. The minimum absolute atomic E-state index is 0.00471. The topological polar surface area (TPSA) is 230 Å². The van der Waals surface area contributed by atoms with E-state index in [9.17, 15) is 99.9 Å². The van der Waals surface area contributed by atoms with E-state index in [0.29, 0.717) is 92.5 Å². The monoisotopic (exact) mass is 1820 g/mol. The smallest absolute Gasteiger partial charge is 0.301 e. The summed E-state index contributed by atoms with van der Waals surface area (Å²) in [6.45, 7) is 21.4. The standard InChI is InChI=1S/C38H12F8N6.C32H12F8N2O2.C18H6Br2N2O2.C3H2N2/c1-49-29(15-47)31-23-11-17(19-5-9-27(39)25(13-19)37(41,42)43)3-7-21(23)33-35(31)51-34-22-8-4-18(20-6-10-28(40)26(14-20)38(44,45)46)12-24(22)32(36(34)52-33)30(16-48)50-2;33-23-7-3-15(11-21(23)31(35,36)37)13-1-5-17-19(9-13)29(43)27-25(17)41-28-26(42-27)18-6-2-14(10-20(18)30(28)44)16-4-8-24(34)22(12-16)32(38,39)40;19-7-1-3-9-11(5-7)17(23)15-13(9)21-16-14(22-15)10-4-2-8(20)6-12(10)18(16)24;1-5-3-2-4/h3-14H;1-12H;1-6H;3H2/b31-29-,32-30+;;;. The van der Waals surface area contributed by atoms with Crippen molar-refractivity contribution in [1.82, 2.24) is 29.9 Å². The zero-order chi connectivity index (χ0) is 89.3. The summed E-state index contributed by atoms with van der Waals surface area (Å²) in [4.78, 5) is 88.9. The molecule has 19 rings (SSSR count). The third kappa shape index (κ3) is 14.3. The van der Waals surface area contributed by atoms with Crippen LogP contribution < -0.4 is 21.7 Å². The summed E-state index contributed by atoms with van der Waals surface area (Å²) in [6.07, 6.45) is -19.8. The Morgan fingerprint density at radius 3 is 0.824 bits per heavy atom. The first-order chi connectivity index (χ1) is 59.4. The molecule has 0 spiro atoms. The summed E-state index contributed by atoms with van der Waals surface area (Å²) in [6, 6.07) is 43.2. The summed E-state index contributed by atoms with van der Waals surface area (Å²) in [5.74, 6) is -5.81. The van der Waals surface area contributed by atoms with Crippen LogP contribution in [0.25, 0.3) is 180 Å². The van der Waals surface area contributed by atoms with Gasteiger partial charge in [-0.3, -0.25) is 19.2 Å². The van der Waals surface area contributed by atoms with Crippen LogP contribution in [-0.2, 0) is 24.7 Å². The van der Waals surface area contributed by atoms with E-state index in [2.05, 4.69) is 66.3 Å². The maximum atomic E-state index is 14.1. The van der Waals surface area contributed by atoms with Crippen LogP contribution in [0.3, 0.4) is 0 Å². The Balaban J connectivity index is 0.000000142. The molecule has 125 heavy (non-hydrogen) atoms. The van der Waals surface area contributed by atoms with E-state index >= 15 is 0 Å². The summed E-state index contributed by atoms with van der Waals surface area (Å²) < 4.78 is 218. The van der Waals surface area contributed by atoms with Crippen molar-refractivity contribution < 1.29 is 70.2 Å². The molecule has 0 aliphatic heterocycles. The number of benzene rings is 10. The van der Waals surface area contributed by atoms with Crippen molar-refractivity contribution in [2.75, 3.05) is 6.54 Å². The predicted molar refractivity (Wildman–Crippen MR) is 437 cm³/mol. The Kier molecular flexibility index (Phi) is 20.5. The maximum Gasteiger partial charge on any atom is 0.419 e. The molecule has 2 aliphatic carbocycles. The molecule has 0 fully saturated rings. The molecule has 3 heterocycles. The number of alkyl halides is 12. The molecule has 0 atom stereocenters. The number of allylic oxidation sites excluding steroid dienone is 2. The number of fused-ring (bicyclic) bond motifs is 18. The van der Waals surface area contributed by atoms with Crippen LogP contribution in [0, 0.1) is 77.0 Å². The average molecular weight is 1820 g/mol. The first-order valence-corrected chi connectivity index (χ1v) is 37.3. The molecule has 606 valence electrons. The SMILES string of the molecule is O=c1c2cc(-c3ccc(F)c(C(F)(F)F)c3)ccc2c2nc3c(=O)c4cc(-c5ccc(F)c(C(F)(F)F)c5)ccc4c3nc12.O=c1c2cc(Br)ccc2c2nc3c(=O)c4cc(Br)ccc4c3nc12.[C-]#[N+]/C(C#N)=C1/c2cc(-c3ccc(F)c(C(F)(F)F)c3)ccc2-c2nc3c(nc21)-c1ccc(-c2ccc(F)c(C(F)(F)F)c2)cc1/C3=C(/C#N)[N+]#[C-].[C-]#[N+]CC#N. The van der Waals surface area contributed by atoms with Crippen LogP contribution in [0.15, 0.2) is 222 Å². The van der Waals surface area contributed by atoms with Crippen molar-refractivity contribution >= 4 is 130 Å². The molecular formula is C91H32Br2F16N12O4. The van der Waals surface area contributed by atoms with E-state index in [-0.39, 0.29) is 151 Å². The lowest BCUT2D eigenvalue weighted by Gasteiger charge is -2.12. The molecule has 0 radical (unpaired) electrons. The molecule has 16 nitrogen and oxygen atoms in total. The van der Waals surface area contributed by atoms with Gasteiger partial charge in [0.25, 0.3) is 17.9 Å². The van der Waals surface area contributed by atoms with Crippen molar-refractivity contribution in [3.63, 3.8) is 0 Å². The second-order valence-corrected chi connectivity index (χ2v) is 29.6. The van der Waals surface area contributed by atoms with Gasteiger partial charge < -0.3 is 4.85 Å². The second-order valence-electron chi connectivity index (χ2n) is 27.7. The lowest BCUT2D eigenvalue weighted by atomic mass is 9.96. The summed E-state index contributed by atoms with van der Waals surface area (Å²) in [7, 11) is 0. The first-order valence-electron chi connectivity index (χ1n) is 35.7. The van der Waals surface area contributed by atoms with Gasteiger partial charge in [-0.05, 0) is 153 Å². The van der Waals surface area contributed by atoms with Gasteiger partial charge in [0.2, 0.25) is 21.7 Å². The molecular weight excluding hydrogens is 1790 g/mol. The molecule has 34 heteroatoms. The highest BCUT2D eigenvalue weighted by Crippen LogP contribution is 2.53. The molecule has 0 N–H and O–H groups in total. The average Bonchev–Trinajstić information content (AvgIpc) is 1.56. The molecule has 17 aromatic rings. The third-order valence-corrected chi connectivity index (χ3v) is 21.6. The number of rotatable bonds is 4. The number of hydrogen-bond acceptors (Lipinski definition) is 13. The van der Waals surface area contributed by atoms with Gasteiger partial charge in [-0.15, -0.1) is 0 Å². The number of halogens is 18. The van der Waals surface area contributed by atoms with Crippen molar-refractivity contribution in [2.24, 2.45) is 0 Å². The van der Waals surface area contributed by atoms with Crippen LogP contribution in [0.5, 0.6) is 0 Å². The Morgan fingerprint density at radius 2 is 0.568 bits per heavy atom. The first kappa shape index (κ1) is 83.0. The summed E-state index contributed by atoms with van der Waals surface area (Å²) >= 11 is 6.75. The highest BCUT2D eigenvalue weighted by atomic mass is 79.9. The lowest BCUT2D eigenvalue weighted by Crippen LogP contribution is -2.08. The molecule has 0 saturated heterocycles. The van der Waals surface area contributed by atoms with E-state index in [1.807, 2.05) is 36.4 Å². The van der Waals surface area contributed by atoms with Crippen molar-refractivity contribution in [3.05, 3.63) is 346 Å². The third-order valence-electron chi connectivity index (χ3n) is 20.6. The number of hydrogen-bond donors (Lipinski definition) is 0. The maximum absolute atomic E-state index is 14.1. The van der Waals surface area contributed by atoms with Gasteiger partial charge in [0.05, 0.1) is 70.3 Å². The quantitative estimate of drug-likeness (QED) is 0.0691.